The van der Waals surface area contributed by atoms with Crippen LogP contribution in [0.5, 0.6) is 0 Å². The van der Waals surface area contributed by atoms with E-state index in [2.05, 4.69) is 20.7 Å². The molecule has 0 unspecified atom stereocenters. The number of hydrogen-bond donors (Lipinski definition) is 1. The van der Waals surface area contributed by atoms with Gasteiger partial charge in [-0.1, -0.05) is 87.9 Å². The number of aromatic nitrogens is 2. The van der Waals surface area contributed by atoms with Crippen molar-refractivity contribution in [3.63, 3.8) is 0 Å². The van der Waals surface area contributed by atoms with Gasteiger partial charge in [0, 0.05) is 21.4 Å². The highest BCUT2D eigenvalue weighted by Crippen LogP contribution is 2.30. The predicted molar refractivity (Wildman–Crippen MR) is 128 cm³/mol. The van der Waals surface area contributed by atoms with Crippen LogP contribution in [0.25, 0.3) is 0 Å². The minimum atomic E-state index is -0.241. The van der Waals surface area contributed by atoms with Gasteiger partial charge in [0.1, 0.15) is 0 Å². The Balaban J connectivity index is 1.46. The van der Waals surface area contributed by atoms with Crippen LogP contribution in [0.15, 0.2) is 56.2 Å². The normalized spacial score (nSPS) is 11.5. The molecule has 5 nitrogen and oxygen atoms in total. The number of halogens is 3. The molecular formula is C19H15Cl3N4OS3. The highest BCUT2D eigenvalue weighted by Gasteiger charge is 2.10. The summed E-state index contributed by atoms with van der Waals surface area (Å²) in [5.74, 6) is 0.717. The molecule has 0 spiro atoms. The van der Waals surface area contributed by atoms with Gasteiger partial charge in [0.25, 0.3) is 5.91 Å². The molecule has 0 saturated carbocycles. The zero-order chi connectivity index (χ0) is 21.5. The number of nitrogens with one attached hydrogen (secondary N) is 1. The fourth-order valence-corrected chi connectivity index (χ4v) is 5.63. The molecule has 1 amide bonds. The van der Waals surface area contributed by atoms with Crippen molar-refractivity contribution in [2.75, 3.05) is 5.75 Å². The number of nitrogens with zero attached hydrogens (tertiary/aromatic N) is 3. The van der Waals surface area contributed by atoms with E-state index in [0.717, 1.165) is 20.0 Å². The van der Waals surface area contributed by atoms with Crippen LogP contribution in [0.2, 0.25) is 15.1 Å². The molecule has 0 aliphatic rings. The van der Waals surface area contributed by atoms with E-state index in [4.69, 9.17) is 34.8 Å². The van der Waals surface area contributed by atoms with Crippen molar-refractivity contribution < 1.29 is 4.79 Å². The van der Waals surface area contributed by atoms with Gasteiger partial charge in [-0.05, 0) is 36.8 Å². The van der Waals surface area contributed by atoms with Crippen LogP contribution < -0.4 is 5.43 Å². The van der Waals surface area contributed by atoms with Crippen LogP contribution >= 0.6 is 69.7 Å². The number of carbonyl (C=O) groups is 1. The summed E-state index contributed by atoms with van der Waals surface area (Å²) in [6.45, 7) is 1.76. The molecule has 1 N–H and O–H groups in total. The number of carbonyl (C=O) groups excluding carboxylic acids is 1. The second-order valence-corrected chi connectivity index (χ2v) is 10.6. The summed E-state index contributed by atoms with van der Waals surface area (Å²) in [4.78, 5) is 12.1. The van der Waals surface area contributed by atoms with E-state index in [-0.39, 0.29) is 11.7 Å². The summed E-state index contributed by atoms with van der Waals surface area (Å²) < 4.78 is 1.57. The summed E-state index contributed by atoms with van der Waals surface area (Å²) in [6, 6.07) is 12.8. The standard InChI is InChI=1S/C19H15Cl3N4OS3/c1-11(15-7-6-14(21)8-16(15)22)23-24-17(27)10-29-19-26-25-18(30-19)28-9-12-2-4-13(20)5-3-12/h2-8H,9-10H2,1H3,(H,24,27)/b23-11-. The average Bonchev–Trinajstić information content (AvgIpc) is 3.18. The largest absolute Gasteiger partial charge is 0.272 e. The number of benzene rings is 2. The third-order valence-corrected chi connectivity index (χ3v) is 7.72. The van der Waals surface area contributed by atoms with Crippen molar-refractivity contribution in [3.8, 4) is 0 Å². The van der Waals surface area contributed by atoms with Gasteiger partial charge < -0.3 is 0 Å². The summed E-state index contributed by atoms with van der Waals surface area (Å²) >= 11 is 22.3. The molecule has 3 rings (SSSR count). The Morgan fingerprint density at radius 2 is 1.70 bits per heavy atom. The second kappa shape index (κ2) is 11.4. The molecule has 1 heterocycles. The Hall–Kier alpha value is -1.29. The van der Waals surface area contributed by atoms with E-state index >= 15 is 0 Å². The molecule has 0 aliphatic carbocycles. The highest BCUT2D eigenvalue weighted by molar-refractivity contribution is 8.03. The fraction of sp³-hybridized carbons (Fsp3) is 0.158. The summed E-state index contributed by atoms with van der Waals surface area (Å²) in [7, 11) is 0. The van der Waals surface area contributed by atoms with E-state index < -0.39 is 0 Å². The van der Waals surface area contributed by atoms with Crippen LogP contribution in [-0.4, -0.2) is 27.6 Å². The molecule has 0 saturated heterocycles. The maximum absolute atomic E-state index is 12.1. The maximum Gasteiger partial charge on any atom is 0.250 e. The van der Waals surface area contributed by atoms with E-state index in [1.807, 2.05) is 24.3 Å². The van der Waals surface area contributed by atoms with Crippen molar-refractivity contribution in [3.05, 3.63) is 68.7 Å². The van der Waals surface area contributed by atoms with E-state index in [1.54, 1.807) is 36.9 Å². The first kappa shape index (κ1) is 23.4. The van der Waals surface area contributed by atoms with Crippen molar-refractivity contribution in [1.29, 1.82) is 0 Å². The minimum absolute atomic E-state index is 0.182. The lowest BCUT2D eigenvalue weighted by molar-refractivity contribution is -0.118. The first-order chi connectivity index (χ1) is 14.4. The van der Waals surface area contributed by atoms with Gasteiger partial charge in [0.05, 0.1) is 16.5 Å². The van der Waals surface area contributed by atoms with Crippen LogP contribution in [0.3, 0.4) is 0 Å². The number of hydrogen-bond acceptors (Lipinski definition) is 7. The molecule has 0 bridgehead atoms. The van der Waals surface area contributed by atoms with E-state index in [0.29, 0.717) is 26.3 Å². The monoisotopic (exact) mass is 516 g/mol. The number of rotatable bonds is 8. The van der Waals surface area contributed by atoms with Gasteiger partial charge in [0.15, 0.2) is 8.68 Å². The number of thioether (sulfide) groups is 2. The molecule has 0 atom stereocenters. The summed E-state index contributed by atoms with van der Waals surface area (Å²) in [6.07, 6.45) is 0. The molecule has 30 heavy (non-hydrogen) atoms. The van der Waals surface area contributed by atoms with E-state index in [9.17, 15) is 4.79 Å². The van der Waals surface area contributed by atoms with Crippen LogP contribution in [0.1, 0.15) is 18.1 Å². The SMILES string of the molecule is C/C(=N/NC(=O)CSc1nnc(SCc2ccc(Cl)cc2)s1)c1ccc(Cl)cc1Cl. The van der Waals surface area contributed by atoms with Crippen LogP contribution in [0, 0.1) is 0 Å². The topological polar surface area (TPSA) is 67.2 Å². The van der Waals surface area contributed by atoms with Gasteiger partial charge in [-0.2, -0.15) is 5.10 Å². The zero-order valence-corrected chi connectivity index (χ0v) is 20.3. The first-order valence-electron chi connectivity index (χ1n) is 8.53. The number of hydrazone groups is 1. The van der Waals surface area contributed by atoms with Crippen LogP contribution in [-0.2, 0) is 10.5 Å². The van der Waals surface area contributed by atoms with Crippen molar-refractivity contribution in [2.24, 2.45) is 5.10 Å². The smallest absolute Gasteiger partial charge is 0.250 e. The lowest BCUT2D eigenvalue weighted by Crippen LogP contribution is -2.21. The molecule has 3 aromatic rings. The fourth-order valence-electron chi connectivity index (χ4n) is 2.19. The Bertz CT molecular complexity index is 1060. The summed E-state index contributed by atoms with van der Waals surface area (Å²) in [5.41, 5.74) is 4.98. The third-order valence-electron chi connectivity index (χ3n) is 3.66. The third kappa shape index (κ3) is 7.14. The lowest BCUT2D eigenvalue weighted by atomic mass is 10.1. The zero-order valence-electron chi connectivity index (χ0n) is 15.6. The highest BCUT2D eigenvalue weighted by atomic mass is 35.5. The first-order valence-corrected chi connectivity index (χ1v) is 12.4. The molecule has 0 fully saturated rings. The predicted octanol–water partition coefficient (Wildman–Crippen LogP) is 6.42. The number of amides is 1. The molecule has 0 aliphatic heterocycles. The molecule has 1 aromatic heterocycles. The van der Waals surface area contributed by atoms with Crippen molar-refractivity contribution in [1.82, 2.24) is 15.6 Å². The average molecular weight is 518 g/mol. The van der Waals surface area contributed by atoms with Gasteiger partial charge >= 0.3 is 0 Å². The van der Waals surface area contributed by atoms with Crippen LogP contribution in [0.4, 0.5) is 0 Å². The Kier molecular flexibility index (Phi) is 8.85. The van der Waals surface area contributed by atoms with Gasteiger partial charge in [-0.25, -0.2) is 5.43 Å². The second-order valence-electron chi connectivity index (χ2n) is 5.89. The molecule has 11 heteroatoms. The van der Waals surface area contributed by atoms with Crippen molar-refractivity contribution >= 4 is 81.3 Å². The molecule has 2 aromatic carbocycles. The Labute approximate surface area is 201 Å². The summed E-state index contributed by atoms with van der Waals surface area (Å²) in [5, 5.41) is 14.1. The lowest BCUT2D eigenvalue weighted by Gasteiger charge is -2.05. The van der Waals surface area contributed by atoms with Gasteiger partial charge in [-0.3, -0.25) is 4.79 Å². The van der Waals surface area contributed by atoms with Crippen molar-refractivity contribution in [2.45, 2.75) is 21.4 Å². The Morgan fingerprint density at radius 3 is 2.40 bits per heavy atom. The molecular weight excluding hydrogens is 503 g/mol. The quantitative estimate of drug-likeness (QED) is 0.212. The minimum Gasteiger partial charge on any atom is -0.272 e. The maximum atomic E-state index is 12.1. The van der Waals surface area contributed by atoms with Gasteiger partial charge in [0.2, 0.25) is 0 Å². The molecule has 156 valence electrons. The van der Waals surface area contributed by atoms with Gasteiger partial charge in [-0.15, -0.1) is 10.2 Å². The Morgan fingerprint density at radius 1 is 1.03 bits per heavy atom. The van der Waals surface area contributed by atoms with E-state index in [1.165, 1.54) is 23.1 Å². The molecule has 0 radical (unpaired) electrons.